The van der Waals surface area contributed by atoms with Gasteiger partial charge in [0, 0.05) is 23.6 Å². The van der Waals surface area contributed by atoms with E-state index in [9.17, 15) is 9.90 Å². The number of aliphatic carboxylic acids is 1. The van der Waals surface area contributed by atoms with Gasteiger partial charge in [0.1, 0.15) is 5.75 Å². The van der Waals surface area contributed by atoms with E-state index in [1.54, 1.807) is 0 Å². The molecule has 1 aliphatic heterocycles. The molecule has 0 saturated heterocycles. The molecule has 0 amide bonds. The molecule has 1 atom stereocenters. The molecule has 0 spiro atoms. The maximum atomic E-state index is 11.1. The van der Waals surface area contributed by atoms with Gasteiger partial charge in [-0.15, -0.1) is 0 Å². The number of hydrogen-bond acceptors (Lipinski definition) is 5. The van der Waals surface area contributed by atoms with Crippen LogP contribution in [0.3, 0.4) is 0 Å². The third-order valence-corrected chi connectivity index (χ3v) is 3.01. The molecule has 96 valence electrons. The van der Waals surface area contributed by atoms with Gasteiger partial charge in [-0.3, -0.25) is 0 Å². The Balaban J connectivity index is 2.33. The highest BCUT2D eigenvalue weighted by molar-refractivity contribution is 6.31. The fourth-order valence-corrected chi connectivity index (χ4v) is 1.84. The number of nitrogens with zero attached hydrogens (tertiary/aromatic N) is 1. The number of nitrogens with two attached hydrogens (primary N) is 1. The first kappa shape index (κ1) is 12.7. The maximum absolute atomic E-state index is 11.1. The third-order valence-electron chi connectivity index (χ3n) is 2.77. The van der Waals surface area contributed by atoms with Crippen molar-refractivity contribution >= 4 is 23.3 Å². The Morgan fingerprint density at radius 1 is 1.61 bits per heavy atom. The molecule has 0 aromatic heterocycles. The van der Waals surface area contributed by atoms with Gasteiger partial charge in [-0.1, -0.05) is 16.8 Å². The number of oxime groups is 1. The predicted octanol–water partition coefficient (Wildman–Crippen LogP) is 0.952. The van der Waals surface area contributed by atoms with Crippen molar-refractivity contribution in [2.45, 2.75) is 12.0 Å². The number of halogens is 1. The topological polar surface area (TPSA) is 105 Å². The van der Waals surface area contributed by atoms with E-state index in [4.69, 9.17) is 27.3 Å². The summed E-state index contributed by atoms with van der Waals surface area (Å²) in [5.74, 6) is -1.23. The minimum atomic E-state index is -1.57. The van der Waals surface area contributed by atoms with Crippen molar-refractivity contribution in [1.29, 1.82) is 0 Å². The normalized spacial score (nSPS) is 22.4. The maximum Gasteiger partial charge on any atom is 0.352 e. The number of carboxylic acids is 1. The second-order valence-corrected chi connectivity index (χ2v) is 4.41. The second-order valence-electron chi connectivity index (χ2n) is 3.97. The fourth-order valence-electron chi connectivity index (χ4n) is 1.67. The summed E-state index contributed by atoms with van der Waals surface area (Å²) in [7, 11) is 0. The Morgan fingerprint density at radius 3 is 2.89 bits per heavy atom. The summed E-state index contributed by atoms with van der Waals surface area (Å²) < 4.78 is 0. The Hall–Kier alpha value is -1.79. The van der Waals surface area contributed by atoms with Crippen LogP contribution < -0.4 is 5.73 Å². The summed E-state index contributed by atoms with van der Waals surface area (Å²) in [6.07, 6.45) is -0.0211. The average molecular weight is 271 g/mol. The highest BCUT2D eigenvalue weighted by Gasteiger charge is 2.46. The van der Waals surface area contributed by atoms with Crippen molar-refractivity contribution in [3.8, 4) is 5.75 Å². The van der Waals surface area contributed by atoms with Crippen LogP contribution in [0.4, 0.5) is 0 Å². The van der Waals surface area contributed by atoms with Crippen molar-refractivity contribution in [2.75, 3.05) is 6.54 Å². The summed E-state index contributed by atoms with van der Waals surface area (Å²) in [5, 5.41) is 22.9. The van der Waals surface area contributed by atoms with Gasteiger partial charge in [0.05, 0.1) is 5.71 Å². The molecule has 1 aromatic carbocycles. The lowest BCUT2D eigenvalue weighted by atomic mass is 9.94. The molecule has 0 radical (unpaired) electrons. The number of carbonyl (C=O) groups is 1. The summed E-state index contributed by atoms with van der Waals surface area (Å²) in [6.45, 7) is -0.212. The number of rotatable bonds is 3. The molecule has 2 rings (SSSR count). The molecule has 0 saturated carbocycles. The van der Waals surface area contributed by atoms with Crippen LogP contribution in [-0.2, 0) is 9.63 Å². The second kappa shape index (κ2) is 4.47. The molecule has 18 heavy (non-hydrogen) atoms. The molecule has 1 heterocycles. The first-order valence-electron chi connectivity index (χ1n) is 5.16. The molecule has 0 aliphatic carbocycles. The van der Waals surface area contributed by atoms with Crippen LogP contribution in [0.15, 0.2) is 23.4 Å². The van der Waals surface area contributed by atoms with Gasteiger partial charge in [-0.2, -0.15) is 0 Å². The Labute approximate surface area is 108 Å². The van der Waals surface area contributed by atoms with Gasteiger partial charge in [0.15, 0.2) is 0 Å². The lowest BCUT2D eigenvalue weighted by molar-refractivity contribution is -0.161. The number of aromatic hydroxyl groups is 1. The number of hydrogen-bond donors (Lipinski definition) is 3. The Morgan fingerprint density at radius 2 is 2.33 bits per heavy atom. The van der Waals surface area contributed by atoms with Gasteiger partial charge in [-0.05, 0) is 18.2 Å². The van der Waals surface area contributed by atoms with Gasteiger partial charge in [0.2, 0.25) is 0 Å². The lowest BCUT2D eigenvalue weighted by Gasteiger charge is -2.18. The molecule has 0 bridgehead atoms. The highest BCUT2D eigenvalue weighted by Crippen LogP contribution is 2.31. The number of phenolic OH excluding ortho intramolecular Hbond substituents is 1. The summed E-state index contributed by atoms with van der Waals surface area (Å²) in [4.78, 5) is 16.0. The number of benzene rings is 1. The zero-order valence-corrected chi connectivity index (χ0v) is 10.0. The number of carboxylic acid groups (broad SMARTS) is 1. The minimum absolute atomic E-state index is 0.0211. The van der Waals surface area contributed by atoms with Gasteiger partial charge < -0.3 is 20.8 Å². The van der Waals surface area contributed by atoms with Crippen molar-refractivity contribution in [2.24, 2.45) is 10.9 Å². The summed E-state index contributed by atoms with van der Waals surface area (Å²) in [5.41, 5.74) is 4.50. The zero-order valence-electron chi connectivity index (χ0n) is 9.26. The molecule has 1 unspecified atom stereocenters. The van der Waals surface area contributed by atoms with Crippen molar-refractivity contribution in [3.05, 3.63) is 28.8 Å². The molecule has 1 aromatic rings. The lowest BCUT2D eigenvalue weighted by Crippen LogP contribution is -2.45. The first-order chi connectivity index (χ1) is 8.48. The van der Waals surface area contributed by atoms with Crippen LogP contribution >= 0.6 is 11.6 Å². The Kier molecular flexibility index (Phi) is 3.14. The van der Waals surface area contributed by atoms with E-state index in [1.165, 1.54) is 18.2 Å². The standard InChI is InChI=1S/C11H11ClN2O4/c12-6-1-2-9(15)7(3-6)8-4-11(5-13,10(16)17)18-14-8/h1-3,15H,4-5,13H2,(H,16,17). The molecule has 6 nitrogen and oxygen atoms in total. The van der Waals surface area contributed by atoms with E-state index >= 15 is 0 Å². The van der Waals surface area contributed by atoms with E-state index in [1.807, 2.05) is 0 Å². The van der Waals surface area contributed by atoms with Crippen LogP contribution in [0.25, 0.3) is 0 Å². The van der Waals surface area contributed by atoms with E-state index in [0.717, 1.165) is 0 Å². The summed E-state index contributed by atoms with van der Waals surface area (Å²) in [6, 6.07) is 4.42. The van der Waals surface area contributed by atoms with Gasteiger partial charge >= 0.3 is 5.97 Å². The largest absolute Gasteiger partial charge is 0.507 e. The van der Waals surface area contributed by atoms with Crippen LogP contribution in [0, 0.1) is 0 Å². The molecule has 1 aliphatic rings. The fraction of sp³-hybridized carbons (Fsp3) is 0.273. The molecule has 0 fully saturated rings. The highest BCUT2D eigenvalue weighted by atomic mass is 35.5. The van der Waals surface area contributed by atoms with Crippen molar-refractivity contribution in [1.82, 2.24) is 0 Å². The Bertz CT molecular complexity index is 532. The smallest absolute Gasteiger partial charge is 0.352 e. The molecular formula is C11H11ClN2O4. The van der Waals surface area contributed by atoms with E-state index in [0.29, 0.717) is 16.3 Å². The van der Waals surface area contributed by atoms with Crippen LogP contribution in [0.2, 0.25) is 5.02 Å². The molecular weight excluding hydrogens is 260 g/mol. The van der Waals surface area contributed by atoms with Crippen LogP contribution in [-0.4, -0.2) is 34.0 Å². The quantitative estimate of drug-likeness (QED) is 0.758. The monoisotopic (exact) mass is 270 g/mol. The summed E-state index contributed by atoms with van der Waals surface area (Å²) >= 11 is 5.81. The zero-order chi connectivity index (χ0) is 13.3. The van der Waals surface area contributed by atoms with Gasteiger partial charge in [-0.25, -0.2) is 4.79 Å². The SMILES string of the molecule is NCC1(C(=O)O)CC(c2cc(Cl)ccc2O)=NO1. The molecule has 7 heteroatoms. The number of phenols is 1. The molecule has 4 N–H and O–H groups in total. The van der Waals surface area contributed by atoms with Crippen LogP contribution in [0.5, 0.6) is 5.75 Å². The van der Waals surface area contributed by atoms with Crippen LogP contribution in [0.1, 0.15) is 12.0 Å². The predicted molar refractivity (Wildman–Crippen MR) is 64.8 cm³/mol. The average Bonchev–Trinajstić information content (AvgIpc) is 2.78. The first-order valence-corrected chi connectivity index (χ1v) is 5.54. The van der Waals surface area contributed by atoms with E-state index < -0.39 is 11.6 Å². The van der Waals surface area contributed by atoms with Gasteiger partial charge in [0.25, 0.3) is 5.60 Å². The van der Waals surface area contributed by atoms with E-state index in [2.05, 4.69) is 5.16 Å². The van der Waals surface area contributed by atoms with Crippen molar-refractivity contribution in [3.63, 3.8) is 0 Å². The minimum Gasteiger partial charge on any atom is -0.507 e. The third kappa shape index (κ3) is 2.00. The van der Waals surface area contributed by atoms with E-state index in [-0.39, 0.29) is 18.7 Å². The van der Waals surface area contributed by atoms with Crippen molar-refractivity contribution < 1.29 is 19.8 Å².